The highest BCUT2D eigenvalue weighted by atomic mass is 16.6. The number of amides is 1. The molecule has 1 N–H and O–H groups in total. The molecule has 0 saturated carbocycles. The van der Waals surface area contributed by atoms with E-state index in [4.69, 9.17) is 4.74 Å². The van der Waals surface area contributed by atoms with Crippen LogP contribution in [0.15, 0.2) is 42.1 Å². The van der Waals surface area contributed by atoms with Gasteiger partial charge in [-0.25, -0.2) is 9.59 Å². The van der Waals surface area contributed by atoms with Gasteiger partial charge in [-0.15, -0.1) is 0 Å². The molecule has 1 rings (SSSR count). The van der Waals surface area contributed by atoms with Crippen LogP contribution in [0.4, 0.5) is 4.79 Å². The van der Waals surface area contributed by atoms with Gasteiger partial charge in [0.15, 0.2) is 0 Å². The Morgan fingerprint density at radius 1 is 1.20 bits per heavy atom. The molecule has 0 aliphatic rings. The highest BCUT2D eigenvalue weighted by Crippen LogP contribution is 2.05. The lowest BCUT2D eigenvalue weighted by Crippen LogP contribution is -2.28. The number of nitrogens with one attached hydrogen (secondary N) is 1. The van der Waals surface area contributed by atoms with E-state index in [1.165, 1.54) is 13.2 Å². The molecule has 0 atom stereocenters. The predicted molar refractivity (Wildman–Crippen MR) is 90.2 cm³/mol. The van der Waals surface area contributed by atoms with E-state index in [1.807, 2.05) is 30.3 Å². The quantitative estimate of drug-likeness (QED) is 0.228. The third-order valence-electron chi connectivity index (χ3n) is 3.25. The smallest absolute Gasteiger partial charge is 0.412 e. The molecule has 0 fully saturated rings. The monoisotopic (exact) mass is 350 g/mol. The summed E-state index contributed by atoms with van der Waals surface area (Å²) < 4.78 is 9.67. The molecule has 0 bridgehead atoms. The van der Waals surface area contributed by atoms with Crippen molar-refractivity contribution in [3.05, 3.63) is 57.8 Å². The number of hydrogen-bond donors (Lipinski definition) is 1. The van der Waals surface area contributed by atoms with Crippen LogP contribution in [0.25, 0.3) is 0 Å². The molecule has 0 spiro atoms. The molecule has 1 aromatic rings. The number of methoxy groups -OCH3 is 1. The molecule has 0 saturated heterocycles. The number of esters is 1. The summed E-state index contributed by atoms with van der Waals surface area (Å²) in [5.74, 6) is -0.679. The molecule has 0 radical (unpaired) electrons. The lowest BCUT2D eigenvalue weighted by Gasteiger charge is -2.09. The number of carbonyl (C=O) groups excluding carboxylic acids is 2. The summed E-state index contributed by atoms with van der Waals surface area (Å²) >= 11 is 0. The van der Waals surface area contributed by atoms with Crippen LogP contribution < -0.4 is 5.32 Å². The van der Waals surface area contributed by atoms with E-state index in [2.05, 4.69) is 10.1 Å². The van der Waals surface area contributed by atoms with E-state index in [0.717, 1.165) is 5.56 Å². The Hall–Kier alpha value is -2.90. The number of rotatable bonds is 10. The van der Waals surface area contributed by atoms with E-state index in [0.29, 0.717) is 25.7 Å². The van der Waals surface area contributed by atoms with Crippen LogP contribution in [-0.4, -0.2) is 30.6 Å². The van der Waals surface area contributed by atoms with Crippen LogP contribution in [-0.2, 0) is 20.9 Å². The van der Waals surface area contributed by atoms with Gasteiger partial charge in [0, 0.05) is 11.3 Å². The second-order valence-electron chi connectivity index (χ2n) is 5.20. The van der Waals surface area contributed by atoms with E-state index in [1.54, 1.807) is 0 Å². The zero-order valence-corrected chi connectivity index (χ0v) is 14.1. The van der Waals surface area contributed by atoms with Gasteiger partial charge in [-0.05, 0) is 24.8 Å². The lowest BCUT2D eigenvalue weighted by molar-refractivity contribution is -0.480. The molecule has 0 aliphatic carbocycles. The predicted octanol–water partition coefficient (Wildman–Crippen LogP) is 2.81. The largest absolute Gasteiger partial charge is 0.464 e. The fraction of sp³-hybridized carbons (Fsp3) is 0.412. The van der Waals surface area contributed by atoms with Gasteiger partial charge in [-0.3, -0.25) is 15.4 Å². The second kappa shape index (κ2) is 11.6. The first kappa shape index (κ1) is 20.1. The van der Waals surface area contributed by atoms with Crippen LogP contribution in [0.2, 0.25) is 0 Å². The van der Waals surface area contributed by atoms with Gasteiger partial charge < -0.3 is 9.47 Å². The van der Waals surface area contributed by atoms with E-state index in [-0.39, 0.29) is 23.8 Å². The van der Waals surface area contributed by atoms with Gasteiger partial charge in [0.2, 0.25) is 6.54 Å². The zero-order chi connectivity index (χ0) is 18.5. The molecule has 8 nitrogen and oxygen atoms in total. The average molecular weight is 350 g/mol. The summed E-state index contributed by atoms with van der Waals surface area (Å²) in [6.07, 6.45) is 3.05. The minimum absolute atomic E-state index is 0.00478. The van der Waals surface area contributed by atoms with Crippen molar-refractivity contribution in [3.8, 4) is 0 Å². The highest BCUT2D eigenvalue weighted by molar-refractivity contribution is 5.92. The molecule has 1 aromatic carbocycles. The average Bonchev–Trinajstić information content (AvgIpc) is 2.61. The Kier molecular flexibility index (Phi) is 9.35. The fourth-order valence-electron chi connectivity index (χ4n) is 1.97. The highest BCUT2D eigenvalue weighted by Gasteiger charge is 2.14. The van der Waals surface area contributed by atoms with Gasteiger partial charge in [0.25, 0.3) is 0 Å². The minimum Gasteiger partial charge on any atom is -0.464 e. The molecular weight excluding hydrogens is 328 g/mol. The van der Waals surface area contributed by atoms with Gasteiger partial charge in [-0.2, -0.15) is 0 Å². The molecular formula is C17H22N2O6. The number of unbranched alkanes of at least 4 members (excludes halogenated alkanes) is 3. The van der Waals surface area contributed by atoms with Crippen LogP contribution in [0.3, 0.4) is 0 Å². The SMILES string of the molecule is COC(=O)/C(=C/CCCCC[N+](=O)[O-])NC(=O)OCc1ccccc1. The Balaban J connectivity index is 2.43. The Morgan fingerprint density at radius 2 is 1.92 bits per heavy atom. The first-order chi connectivity index (χ1) is 12.0. The van der Waals surface area contributed by atoms with Gasteiger partial charge >= 0.3 is 12.1 Å². The Labute approximate surface area is 146 Å². The number of nitrogens with zero attached hydrogens (tertiary/aromatic N) is 1. The number of ether oxygens (including phenoxy) is 2. The summed E-state index contributed by atoms with van der Waals surface area (Å²) in [5.41, 5.74) is 0.821. The molecule has 0 unspecified atom stereocenters. The van der Waals surface area contributed by atoms with Gasteiger partial charge in [0.05, 0.1) is 7.11 Å². The fourth-order valence-corrected chi connectivity index (χ4v) is 1.97. The summed E-state index contributed by atoms with van der Waals surface area (Å²) in [7, 11) is 1.21. The number of nitro groups is 1. The third kappa shape index (κ3) is 9.09. The van der Waals surface area contributed by atoms with Crippen molar-refractivity contribution in [1.82, 2.24) is 5.32 Å². The minimum atomic E-state index is -0.756. The van der Waals surface area contributed by atoms with Crippen molar-refractivity contribution in [1.29, 1.82) is 0 Å². The van der Waals surface area contributed by atoms with Crippen molar-refractivity contribution < 1.29 is 24.0 Å². The number of benzene rings is 1. The number of alkyl carbamates (subject to hydrolysis) is 1. The molecule has 25 heavy (non-hydrogen) atoms. The molecule has 8 heteroatoms. The zero-order valence-electron chi connectivity index (χ0n) is 14.1. The first-order valence-corrected chi connectivity index (χ1v) is 7.91. The molecule has 0 aliphatic heterocycles. The van der Waals surface area contributed by atoms with Crippen molar-refractivity contribution in [2.75, 3.05) is 13.7 Å². The normalized spacial score (nSPS) is 10.8. The van der Waals surface area contributed by atoms with Crippen LogP contribution >= 0.6 is 0 Å². The Bertz CT molecular complexity index is 600. The van der Waals surface area contributed by atoms with Crippen LogP contribution in [0, 0.1) is 10.1 Å². The maximum atomic E-state index is 11.8. The maximum Gasteiger partial charge on any atom is 0.412 e. The summed E-state index contributed by atoms with van der Waals surface area (Å²) in [6, 6.07) is 9.14. The lowest BCUT2D eigenvalue weighted by atomic mass is 10.2. The van der Waals surface area contributed by atoms with Crippen molar-refractivity contribution in [2.45, 2.75) is 32.3 Å². The van der Waals surface area contributed by atoms with Crippen molar-refractivity contribution in [3.63, 3.8) is 0 Å². The molecule has 0 aromatic heterocycles. The van der Waals surface area contributed by atoms with Crippen molar-refractivity contribution >= 4 is 12.1 Å². The second-order valence-corrected chi connectivity index (χ2v) is 5.20. The van der Waals surface area contributed by atoms with Crippen molar-refractivity contribution in [2.24, 2.45) is 0 Å². The summed E-state index contributed by atoms with van der Waals surface area (Å²) in [6.45, 7) is 0.0135. The first-order valence-electron chi connectivity index (χ1n) is 7.91. The maximum absolute atomic E-state index is 11.8. The van der Waals surface area contributed by atoms with Gasteiger partial charge in [-0.1, -0.05) is 36.4 Å². The Morgan fingerprint density at radius 3 is 2.56 bits per heavy atom. The number of allylic oxidation sites excluding steroid dienone is 1. The number of hydrogen-bond acceptors (Lipinski definition) is 6. The van der Waals surface area contributed by atoms with E-state index in [9.17, 15) is 19.7 Å². The van der Waals surface area contributed by atoms with Gasteiger partial charge in [0.1, 0.15) is 12.3 Å². The van der Waals surface area contributed by atoms with E-state index >= 15 is 0 Å². The molecule has 1 amide bonds. The summed E-state index contributed by atoms with van der Waals surface area (Å²) in [4.78, 5) is 33.3. The number of carbonyl (C=O) groups is 2. The van der Waals surface area contributed by atoms with Crippen LogP contribution in [0.5, 0.6) is 0 Å². The third-order valence-corrected chi connectivity index (χ3v) is 3.25. The van der Waals surface area contributed by atoms with Crippen LogP contribution in [0.1, 0.15) is 31.2 Å². The topological polar surface area (TPSA) is 108 Å². The summed E-state index contributed by atoms with van der Waals surface area (Å²) in [5, 5.41) is 12.6. The molecule has 0 heterocycles. The standard InChI is InChI=1S/C17H22N2O6/c1-24-16(20)15(11-7-2-3-8-12-19(22)23)18-17(21)25-13-14-9-5-4-6-10-14/h4-6,9-11H,2-3,7-8,12-13H2,1H3,(H,18,21)/b15-11-. The van der Waals surface area contributed by atoms with E-state index < -0.39 is 12.1 Å². The molecule has 136 valence electrons.